The predicted octanol–water partition coefficient (Wildman–Crippen LogP) is 6.65. The lowest BCUT2D eigenvalue weighted by Crippen LogP contribution is -2.43. The Morgan fingerprint density at radius 1 is 0.953 bits per heavy atom. The summed E-state index contributed by atoms with van der Waals surface area (Å²) in [6, 6.07) is 16.7. The van der Waals surface area contributed by atoms with Crippen molar-refractivity contribution < 1.29 is 18.0 Å². The number of nitrogens with zero attached hydrogens (tertiary/aromatic N) is 4. The summed E-state index contributed by atoms with van der Waals surface area (Å²) in [6.07, 6.45) is 4.65. The molecule has 0 atom stereocenters. The van der Waals surface area contributed by atoms with E-state index in [0.717, 1.165) is 47.5 Å². The smallest absolute Gasteiger partial charge is 0.181 e. The molecule has 0 unspecified atom stereocenters. The summed E-state index contributed by atoms with van der Waals surface area (Å²) < 4.78 is 44.4. The van der Waals surface area contributed by atoms with E-state index in [2.05, 4.69) is 33.2 Å². The van der Waals surface area contributed by atoms with E-state index in [4.69, 9.17) is 0 Å². The van der Waals surface area contributed by atoms with Crippen LogP contribution in [0.25, 0.3) is 11.1 Å². The molecule has 1 N–H and O–H groups in total. The first-order valence-electron chi connectivity index (χ1n) is 14.7. The average Bonchev–Trinajstić information content (AvgIpc) is 3.30. The van der Waals surface area contributed by atoms with E-state index in [0.29, 0.717) is 53.4 Å². The molecule has 226 valence electrons. The quantitative estimate of drug-likeness (QED) is 0.112. The van der Waals surface area contributed by atoms with E-state index in [1.165, 1.54) is 6.21 Å². The predicted molar refractivity (Wildman–Crippen MR) is 172 cm³/mol. The Balaban J connectivity index is 1.17. The van der Waals surface area contributed by atoms with Gasteiger partial charge in [0.25, 0.3) is 0 Å². The highest BCUT2D eigenvalue weighted by Crippen LogP contribution is 2.43. The Labute approximate surface area is 257 Å². The van der Waals surface area contributed by atoms with Gasteiger partial charge in [-0.05, 0) is 84.5 Å². The van der Waals surface area contributed by atoms with Crippen LogP contribution in [0.4, 0.5) is 10.1 Å². The highest BCUT2D eigenvalue weighted by molar-refractivity contribution is 7.97. The molecular weight excluding hydrogens is 584 g/mol. The van der Waals surface area contributed by atoms with Crippen molar-refractivity contribution in [3.05, 3.63) is 77.1 Å². The Bertz CT molecular complexity index is 1700. The molecule has 1 heterocycles. The van der Waals surface area contributed by atoms with Crippen LogP contribution in [0.1, 0.15) is 56.2 Å². The fourth-order valence-electron chi connectivity index (χ4n) is 6.46. The topological polar surface area (TPSA) is 85.6 Å². The van der Waals surface area contributed by atoms with Gasteiger partial charge in [0.15, 0.2) is 15.7 Å². The lowest BCUT2D eigenvalue weighted by Gasteiger charge is -2.35. The van der Waals surface area contributed by atoms with Crippen LogP contribution in [0, 0.1) is 11.2 Å². The number of piperazine rings is 1. The number of hydrogen-bond donors (Lipinski definition) is 1. The monoisotopic (exact) mass is 620 g/mol. The van der Waals surface area contributed by atoms with Gasteiger partial charge in [-0.3, -0.25) is 4.99 Å². The Morgan fingerprint density at radius 2 is 1.63 bits per heavy atom. The lowest BCUT2D eigenvalue weighted by molar-refractivity contribution is 0.246. The van der Waals surface area contributed by atoms with Crippen molar-refractivity contribution in [1.29, 1.82) is 0 Å². The largest absolute Gasteiger partial charge is 0.410 e. The standard InChI is InChI=1S/C33H37FN4O3S2/c1-33(2)13-11-24(12-14-33)43(40,41)25-8-10-27-26-9-7-23(19-28(26)32(36-39)29(27)20-25)42-38-17-15-37(16-18-38)30-6-4-5-22(21-35-3)31(30)34/h4-10,19-21,24,39H,11-18H2,1-3H3/b35-21?,36-32+. The number of sulfone groups is 1. The molecule has 1 saturated heterocycles. The molecule has 1 saturated carbocycles. The zero-order chi connectivity index (χ0) is 30.4. The number of anilines is 1. The Morgan fingerprint density at radius 3 is 2.30 bits per heavy atom. The van der Waals surface area contributed by atoms with E-state index in [9.17, 15) is 18.0 Å². The molecule has 3 aromatic rings. The molecule has 10 heteroatoms. The van der Waals surface area contributed by atoms with Gasteiger partial charge in [0.05, 0.1) is 15.8 Å². The number of hydrogen-bond acceptors (Lipinski definition) is 8. The van der Waals surface area contributed by atoms with E-state index < -0.39 is 9.84 Å². The molecule has 0 radical (unpaired) electrons. The maximum absolute atomic E-state index is 15.0. The minimum absolute atomic E-state index is 0.180. The summed E-state index contributed by atoms with van der Waals surface area (Å²) in [6.45, 7) is 7.26. The molecule has 0 bridgehead atoms. The maximum Gasteiger partial charge on any atom is 0.181 e. The van der Waals surface area contributed by atoms with Gasteiger partial charge in [0.2, 0.25) is 0 Å². The minimum atomic E-state index is -3.49. The highest BCUT2D eigenvalue weighted by Gasteiger charge is 2.36. The van der Waals surface area contributed by atoms with Crippen molar-refractivity contribution in [2.75, 3.05) is 38.1 Å². The Hall–Kier alpha value is -3.21. The van der Waals surface area contributed by atoms with E-state index in [1.807, 2.05) is 36.4 Å². The zero-order valence-electron chi connectivity index (χ0n) is 24.8. The molecule has 0 aromatic heterocycles. The van der Waals surface area contributed by atoms with Gasteiger partial charge in [-0.15, -0.1) is 0 Å². The van der Waals surface area contributed by atoms with Gasteiger partial charge in [-0.2, -0.15) is 0 Å². The fraction of sp³-hybridized carbons (Fsp3) is 0.394. The van der Waals surface area contributed by atoms with Crippen LogP contribution in [0.2, 0.25) is 0 Å². The van der Waals surface area contributed by atoms with Crippen molar-refractivity contribution in [2.45, 2.75) is 54.6 Å². The summed E-state index contributed by atoms with van der Waals surface area (Å²) in [5.74, 6) is -0.248. The molecule has 0 amide bonds. The van der Waals surface area contributed by atoms with Gasteiger partial charge in [0.1, 0.15) is 5.71 Å². The first-order valence-corrected chi connectivity index (χ1v) is 17.1. The minimum Gasteiger partial charge on any atom is -0.410 e. The molecule has 43 heavy (non-hydrogen) atoms. The van der Waals surface area contributed by atoms with Gasteiger partial charge in [-0.25, -0.2) is 17.1 Å². The second kappa shape index (κ2) is 11.7. The fourth-order valence-corrected chi connectivity index (χ4v) is 9.18. The second-order valence-electron chi connectivity index (χ2n) is 12.3. The van der Waals surface area contributed by atoms with Crippen molar-refractivity contribution in [1.82, 2.24) is 4.31 Å². The number of oxime groups is 1. The van der Waals surface area contributed by atoms with Gasteiger partial charge in [-0.1, -0.05) is 43.3 Å². The highest BCUT2D eigenvalue weighted by atomic mass is 32.2. The molecule has 1 aliphatic heterocycles. The normalized spacial score (nSPS) is 20.1. The van der Waals surface area contributed by atoms with Crippen molar-refractivity contribution in [3.8, 4) is 11.1 Å². The SMILES string of the molecule is CN=Cc1cccc(N2CCN(Sc3ccc4c(c3)/C(=N\O)c3cc(S(=O)(=O)C5CCC(C)(C)CC5)ccc3-4)CC2)c1F. The number of rotatable bonds is 6. The molecule has 0 spiro atoms. The van der Waals surface area contributed by atoms with Gasteiger partial charge >= 0.3 is 0 Å². The van der Waals surface area contributed by atoms with Crippen LogP contribution in [0.15, 0.2) is 74.5 Å². The zero-order valence-corrected chi connectivity index (χ0v) is 26.4. The van der Waals surface area contributed by atoms with E-state index in [1.54, 1.807) is 37.2 Å². The first-order chi connectivity index (χ1) is 20.6. The summed E-state index contributed by atoms with van der Waals surface area (Å²) in [5.41, 5.74) is 4.87. The molecule has 6 rings (SSSR count). The number of fused-ring (bicyclic) bond motifs is 3. The summed E-state index contributed by atoms with van der Waals surface area (Å²) in [5, 5.41) is 13.3. The lowest BCUT2D eigenvalue weighted by atomic mass is 9.77. The van der Waals surface area contributed by atoms with Crippen LogP contribution in [0.5, 0.6) is 0 Å². The van der Waals surface area contributed by atoms with Crippen LogP contribution >= 0.6 is 11.9 Å². The number of aliphatic imine (C=N–C) groups is 1. The maximum atomic E-state index is 15.0. The van der Waals surface area contributed by atoms with Gasteiger partial charge in [0, 0.05) is 61.0 Å². The van der Waals surface area contributed by atoms with E-state index >= 15 is 0 Å². The first kappa shape index (κ1) is 29.8. The van der Waals surface area contributed by atoms with E-state index in [-0.39, 0.29) is 16.5 Å². The third kappa shape index (κ3) is 5.72. The molecule has 3 aliphatic rings. The summed E-state index contributed by atoms with van der Waals surface area (Å²) in [4.78, 5) is 7.30. The van der Waals surface area contributed by atoms with Gasteiger partial charge < -0.3 is 10.1 Å². The third-order valence-corrected chi connectivity index (χ3v) is 12.4. The summed E-state index contributed by atoms with van der Waals surface area (Å²) >= 11 is 1.62. The third-order valence-electron chi connectivity index (χ3n) is 9.03. The van der Waals surface area contributed by atoms with Crippen molar-refractivity contribution in [2.24, 2.45) is 15.6 Å². The molecule has 7 nitrogen and oxygen atoms in total. The van der Waals surface area contributed by atoms with Crippen molar-refractivity contribution in [3.63, 3.8) is 0 Å². The molecule has 2 aliphatic carbocycles. The second-order valence-corrected chi connectivity index (χ2v) is 15.7. The number of halogens is 1. The van der Waals surface area contributed by atoms with Crippen LogP contribution in [-0.4, -0.2) is 68.3 Å². The van der Waals surface area contributed by atoms with Crippen LogP contribution in [0.3, 0.4) is 0 Å². The van der Waals surface area contributed by atoms with Crippen LogP contribution < -0.4 is 4.90 Å². The van der Waals surface area contributed by atoms with Crippen LogP contribution in [-0.2, 0) is 9.84 Å². The average molecular weight is 621 g/mol. The van der Waals surface area contributed by atoms with Crippen molar-refractivity contribution >= 4 is 39.4 Å². The number of benzene rings is 3. The molecule has 3 aromatic carbocycles. The molecule has 2 fully saturated rings. The molecular formula is C33H37FN4O3S2. The Kier molecular flexibility index (Phi) is 8.12. The summed E-state index contributed by atoms with van der Waals surface area (Å²) in [7, 11) is -1.86.